The van der Waals surface area contributed by atoms with Crippen LogP contribution in [0.3, 0.4) is 0 Å². The molecule has 2 nitrogen and oxygen atoms in total. The Balaban J connectivity index is 3.84. The molecule has 0 aromatic rings. The van der Waals surface area contributed by atoms with Crippen molar-refractivity contribution in [3.05, 3.63) is 12.7 Å². The summed E-state index contributed by atoms with van der Waals surface area (Å²) in [4.78, 5) is 13.3. The first-order chi connectivity index (χ1) is 6.76. The molecule has 0 aromatic carbocycles. The lowest BCUT2D eigenvalue weighted by molar-refractivity contribution is -0.126. The molecular formula is C12H23NO. The van der Waals surface area contributed by atoms with E-state index in [1.165, 1.54) is 18.9 Å². The molecule has 0 spiro atoms. The number of rotatable bonds is 8. The zero-order chi connectivity index (χ0) is 10.8. The maximum Gasteiger partial charge on any atom is 0.245 e. The van der Waals surface area contributed by atoms with Crippen LogP contribution in [0.25, 0.3) is 0 Å². The van der Waals surface area contributed by atoms with Gasteiger partial charge in [-0.05, 0) is 18.9 Å². The van der Waals surface area contributed by atoms with Gasteiger partial charge in [0.1, 0.15) is 0 Å². The van der Waals surface area contributed by atoms with Crippen LogP contribution in [0.2, 0.25) is 0 Å². The Morgan fingerprint density at radius 2 is 1.71 bits per heavy atom. The van der Waals surface area contributed by atoms with E-state index in [-0.39, 0.29) is 5.91 Å². The molecule has 82 valence electrons. The zero-order valence-electron chi connectivity index (χ0n) is 9.59. The zero-order valence-corrected chi connectivity index (χ0v) is 9.59. The molecule has 1 amide bonds. The first-order valence-corrected chi connectivity index (χ1v) is 5.67. The average Bonchev–Trinajstić information content (AvgIpc) is 2.22. The van der Waals surface area contributed by atoms with Gasteiger partial charge in [-0.2, -0.15) is 0 Å². The van der Waals surface area contributed by atoms with Gasteiger partial charge in [-0.15, -0.1) is 0 Å². The van der Waals surface area contributed by atoms with E-state index in [1.807, 2.05) is 4.90 Å². The summed E-state index contributed by atoms with van der Waals surface area (Å²) in [5, 5.41) is 0. The van der Waals surface area contributed by atoms with E-state index in [0.717, 1.165) is 32.4 Å². The Hall–Kier alpha value is -0.790. The van der Waals surface area contributed by atoms with Crippen molar-refractivity contribution in [2.75, 3.05) is 13.1 Å². The summed E-state index contributed by atoms with van der Waals surface area (Å²) >= 11 is 0. The molecule has 0 unspecified atom stereocenters. The summed E-state index contributed by atoms with van der Waals surface area (Å²) in [7, 11) is 0. The summed E-state index contributed by atoms with van der Waals surface area (Å²) in [6, 6.07) is 0. The highest BCUT2D eigenvalue weighted by molar-refractivity contribution is 5.86. The van der Waals surface area contributed by atoms with Crippen LogP contribution >= 0.6 is 0 Å². The molecule has 0 aliphatic heterocycles. The van der Waals surface area contributed by atoms with Crippen LogP contribution in [0.1, 0.15) is 46.0 Å². The lowest BCUT2D eigenvalue weighted by Gasteiger charge is -2.20. The van der Waals surface area contributed by atoms with E-state index >= 15 is 0 Å². The second-order valence-corrected chi connectivity index (χ2v) is 3.59. The lowest BCUT2D eigenvalue weighted by atomic mass is 10.2. The summed E-state index contributed by atoms with van der Waals surface area (Å²) in [5.41, 5.74) is 0. The average molecular weight is 197 g/mol. The van der Waals surface area contributed by atoms with E-state index in [0.29, 0.717) is 0 Å². The number of carbonyl (C=O) groups excluding carboxylic acids is 1. The number of nitrogens with zero attached hydrogens (tertiary/aromatic N) is 1. The second kappa shape index (κ2) is 8.79. The quantitative estimate of drug-likeness (QED) is 0.433. The van der Waals surface area contributed by atoms with Crippen LogP contribution < -0.4 is 0 Å². The van der Waals surface area contributed by atoms with Gasteiger partial charge in [-0.1, -0.05) is 39.7 Å². The molecule has 0 saturated heterocycles. The third-order valence-corrected chi connectivity index (χ3v) is 2.30. The maximum atomic E-state index is 11.4. The highest BCUT2D eigenvalue weighted by Crippen LogP contribution is 2.02. The first kappa shape index (κ1) is 13.2. The van der Waals surface area contributed by atoms with Crippen molar-refractivity contribution in [1.82, 2.24) is 4.90 Å². The number of hydrogen-bond donors (Lipinski definition) is 0. The molecule has 0 aliphatic rings. The highest BCUT2D eigenvalue weighted by atomic mass is 16.2. The van der Waals surface area contributed by atoms with Gasteiger partial charge in [0, 0.05) is 13.1 Å². The van der Waals surface area contributed by atoms with Crippen molar-refractivity contribution >= 4 is 5.91 Å². The monoisotopic (exact) mass is 197 g/mol. The van der Waals surface area contributed by atoms with E-state index in [9.17, 15) is 4.79 Å². The number of hydrogen-bond acceptors (Lipinski definition) is 1. The molecule has 0 rings (SSSR count). The van der Waals surface area contributed by atoms with Crippen LogP contribution in [0.5, 0.6) is 0 Å². The van der Waals surface area contributed by atoms with Crippen molar-refractivity contribution in [2.24, 2.45) is 0 Å². The summed E-state index contributed by atoms with van der Waals surface area (Å²) in [5.74, 6) is 0.0783. The molecule has 2 heteroatoms. The Morgan fingerprint density at radius 3 is 2.21 bits per heavy atom. The molecule has 14 heavy (non-hydrogen) atoms. The third-order valence-electron chi connectivity index (χ3n) is 2.30. The molecule has 0 bridgehead atoms. The number of amides is 1. The van der Waals surface area contributed by atoms with Crippen molar-refractivity contribution in [3.63, 3.8) is 0 Å². The fourth-order valence-electron chi connectivity index (χ4n) is 1.36. The molecule has 0 N–H and O–H groups in total. The smallest absolute Gasteiger partial charge is 0.245 e. The highest BCUT2D eigenvalue weighted by Gasteiger charge is 2.07. The fraction of sp³-hybridized carbons (Fsp3) is 0.750. The van der Waals surface area contributed by atoms with Crippen molar-refractivity contribution < 1.29 is 4.79 Å². The Kier molecular flexibility index (Phi) is 8.30. The van der Waals surface area contributed by atoms with Gasteiger partial charge in [-0.3, -0.25) is 4.79 Å². The normalized spacial score (nSPS) is 9.86. The minimum absolute atomic E-state index is 0.0783. The van der Waals surface area contributed by atoms with E-state index in [2.05, 4.69) is 20.4 Å². The van der Waals surface area contributed by atoms with Crippen LogP contribution in [0.4, 0.5) is 0 Å². The first-order valence-electron chi connectivity index (χ1n) is 5.67. The minimum atomic E-state index is 0.0783. The standard InChI is InChI=1S/C12H23NO/c1-4-7-9-11-13(10-8-5-2)12(14)6-3/h6H,3-5,7-11H2,1-2H3. The molecule has 0 aromatic heterocycles. The van der Waals surface area contributed by atoms with Gasteiger partial charge in [0.15, 0.2) is 0 Å². The number of carbonyl (C=O) groups is 1. The molecule has 0 heterocycles. The Morgan fingerprint density at radius 1 is 1.14 bits per heavy atom. The molecule has 0 aliphatic carbocycles. The lowest BCUT2D eigenvalue weighted by Crippen LogP contribution is -2.31. The molecular weight excluding hydrogens is 174 g/mol. The minimum Gasteiger partial charge on any atom is -0.339 e. The number of unbranched alkanes of at least 4 members (excludes halogenated alkanes) is 3. The molecule has 0 fully saturated rings. The predicted molar refractivity (Wildman–Crippen MR) is 61.2 cm³/mol. The molecule has 0 atom stereocenters. The van der Waals surface area contributed by atoms with Gasteiger partial charge in [0.25, 0.3) is 0 Å². The van der Waals surface area contributed by atoms with Crippen LogP contribution in [0.15, 0.2) is 12.7 Å². The maximum absolute atomic E-state index is 11.4. The summed E-state index contributed by atoms with van der Waals surface area (Å²) in [6.45, 7) is 9.61. The third kappa shape index (κ3) is 5.79. The van der Waals surface area contributed by atoms with Crippen molar-refractivity contribution in [1.29, 1.82) is 0 Å². The van der Waals surface area contributed by atoms with Crippen molar-refractivity contribution in [3.8, 4) is 0 Å². The Bertz CT molecular complexity index is 166. The largest absolute Gasteiger partial charge is 0.339 e. The van der Waals surface area contributed by atoms with Gasteiger partial charge < -0.3 is 4.90 Å². The van der Waals surface area contributed by atoms with Gasteiger partial charge >= 0.3 is 0 Å². The van der Waals surface area contributed by atoms with Gasteiger partial charge in [-0.25, -0.2) is 0 Å². The van der Waals surface area contributed by atoms with Gasteiger partial charge in [0.05, 0.1) is 0 Å². The molecule has 0 radical (unpaired) electrons. The fourth-order valence-corrected chi connectivity index (χ4v) is 1.36. The Labute approximate surface area is 88.0 Å². The van der Waals surface area contributed by atoms with Crippen molar-refractivity contribution in [2.45, 2.75) is 46.0 Å². The van der Waals surface area contributed by atoms with Gasteiger partial charge in [0.2, 0.25) is 5.91 Å². The molecule has 0 saturated carbocycles. The SMILES string of the molecule is C=CC(=O)N(CCCC)CCCCC. The van der Waals surface area contributed by atoms with Crippen LogP contribution in [-0.2, 0) is 4.79 Å². The topological polar surface area (TPSA) is 20.3 Å². The summed E-state index contributed by atoms with van der Waals surface area (Å²) in [6.07, 6.45) is 7.15. The van der Waals surface area contributed by atoms with Crippen LogP contribution in [0, 0.1) is 0 Å². The summed E-state index contributed by atoms with van der Waals surface area (Å²) < 4.78 is 0. The van der Waals surface area contributed by atoms with E-state index < -0.39 is 0 Å². The second-order valence-electron chi connectivity index (χ2n) is 3.59. The predicted octanol–water partition coefficient (Wildman–Crippen LogP) is 2.99. The van der Waals surface area contributed by atoms with E-state index in [1.54, 1.807) is 0 Å². The van der Waals surface area contributed by atoms with E-state index in [4.69, 9.17) is 0 Å². The van der Waals surface area contributed by atoms with Crippen LogP contribution in [-0.4, -0.2) is 23.9 Å².